The van der Waals surface area contributed by atoms with Gasteiger partial charge in [-0.05, 0) is 73.2 Å². The third-order valence-electron chi connectivity index (χ3n) is 4.61. The lowest BCUT2D eigenvalue weighted by molar-refractivity contribution is -0.115. The van der Waals surface area contributed by atoms with Gasteiger partial charge >= 0.3 is 0 Å². The second-order valence-corrected chi connectivity index (χ2v) is 7.63. The van der Waals surface area contributed by atoms with Crippen LogP contribution in [0, 0.1) is 6.92 Å². The second-order valence-electron chi connectivity index (χ2n) is 6.82. The lowest BCUT2D eigenvalue weighted by atomic mass is 10.1. The van der Waals surface area contributed by atoms with Crippen molar-refractivity contribution in [3.63, 3.8) is 0 Å². The topological polar surface area (TPSA) is 67.2 Å². The van der Waals surface area contributed by atoms with Crippen molar-refractivity contribution in [2.24, 2.45) is 0 Å². The Morgan fingerprint density at radius 3 is 2.84 bits per heavy atom. The Kier molecular flexibility index (Phi) is 6.11. The fraction of sp³-hybridized carbons (Fsp3) is 0.0417. The molecule has 1 amide bonds. The number of anilines is 1. The van der Waals surface area contributed by atoms with E-state index in [1.165, 1.54) is 6.08 Å². The number of benzene rings is 2. The highest BCUT2D eigenvalue weighted by Crippen LogP contribution is 2.27. The molecule has 2 aromatic heterocycles. The molecule has 0 bridgehead atoms. The van der Waals surface area contributed by atoms with Crippen molar-refractivity contribution in [3.8, 4) is 11.3 Å². The molecule has 0 aliphatic carbocycles. The smallest absolute Gasteiger partial charge is 0.250 e. The molecule has 0 saturated carbocycles. The van der Waals surface area contributed by atoms with E-state index in [1.54, 1.807) is 18.3 Å². The number of hydrogen-bond acceptors (Lipinski definition) is 4. The Balaban J connectivity index is 1.39. The molecule has 0 aliphatic rings. The van der Waals surface area contributed by atoms with Crippen LogP contribution in [0.5, 0.6) is 0 Å². The van der Waals surface area contributed by atoms with Crippen LogP contribution in [0.25, 0.3) is 28.3 Å². The summed E-state index contributed by atoms with van der Waals surface area (Å²) in [6.45, 7) is 1.94. The van der Waals surface area contributed by atoms with Crippen molar-refractivity contribution < 1.29 is 9.21 Å². The zero-order valence-electron chi connectivity index (χ0n) is 16.6. The van der Waals surface area contributed by atoms with E-state index >= 15 is 0 Å². The van der Waals surface area contributed by atoms with Crippen LogP contribution in [0.3, 0.4) is 0 Å². The third kappa shape index (κ3) is 4.99. The largest absolute Gasteiger partial charge is 0.457 e. The maximum atomic E-state index is 12.2. The number of nitrogens with zero attached hydrogens (tertiary/aromatic N) is 1. The maximum absolute atomic E-state index is 12.2. The minimum atomic E-state index is -0.368. The van der Waals surface area contributed by atoms with Gasteiger partial charge in [-0.1, -0.05) is 29.8 Å². The zero-order chi connectivity index (χ0) is 21.8. The number of fused-ring (bicyclic) bond motifs is 1. The fourth-order valence-electron chi connectivity index (χ4n) is 3.02. The Morgan fingerprint density at radius 1 is 1.13 bits per heavy atom. The number of pyridine rings is 1. The highest BCUT2D eigenvalue weighted by Gasteiger charge is 2.07. The second kappa shape index (κ2) is 9.12. The van der Waals surface area contributed by atoms with Gasteiger partial charge in [0.05, 0.1) is 5.52 Å². The molecule has 0 atom stereocenters. The van der Waals surface area contributed by atoms with E-state index in [-0.39, 0.29) is 11.0 Å². The van der Waals surface area contributed by atoms with Crippen LogP contribution in [0.4, 0.5) is 5.69 Å². The van der Waals surface area contributed by atoms with Gasteiger partial charge in [-0.2, -0.15) is 0 Å². The summed E-state index contributed by atoms with van der Waals surface area (Å²) in [5, 5.41) is 7.45. The van der Waals surface area contributed by atoms with Gasteiger partial charge in [0.1, 0.15) is 11.5 Å². The quantitative estimate of drug-likeness (QED) is 0.297. The van der Waals surface area contributed by atoms with Gasteiger partial charge in [0.25, 0.3) is 0 Å². The molecule has 154 valence electrons. The predicted octanol–water partition coefficient (Wildman–Crippen LogP) is 5.98. The number of carbonyl (C=O) groups excluding carboxylic acids is 1. The summed E-state index contributed by atoms with van der Waals surface area (Å²) in [6, 6.07) is 18.8. The van der Waals surface area contributed by atoms with Gasteiger partial charge in [-0.25, -0.2) is 0 Å². The minimum absolute atomic E-state index is 0.195. The summed E-state index contributed by atoms with van der Waals surface area (Å²) in [4.78, 5) is 16.5. The van der Waals surface area contributed by atoms with Gasteiger partial charge in [0.2, 0.25) is 5.91 Å². The van der Waals surface area contributed by atoms with Crippen molar-refractivity contribution in [1.82, 2.24) is 10.3 Å². The van der Waals surface area contributed by atoms with Gasteiger partial charge < -0.3 is 9.73 Å². The first-order chi connectivity index (χ1) is 15.0. The summed E-state index contributed by atoms with van der Waals surface area (Å²) in [5.41, 5.74) is 3.48. The van der Waals surface area contributed by atoms with Crippen LogP contribution < -0.4 is 10.6 Å². The Bertz CT molecular complexity index is 1310. The monoisotopic (exact) mass is 447 g/mol. The van der Waals surface area contributed by atoms with Gasteiger partial charge in [0.15, 0.2) is 5.11 Å². The van der Waals surface area contributed by atoms with Gasteiger partial charge in [-0.3, -0.25) is 15.1 Å². The lowest BCUT2D eigenvalue weighted by Gasteiger charge is -2.10. The Morgan fingerprint density at radius 2 is 2.00 bits per heavy atom. The van der Waals surface area contributed by atoms with Crippen LogP contribution in [-0.2, 0) is 4.79 Å². The molecule has 4 rings (SSSR count). The van der Waals surface area contributed by atoms with E-state index in [2.05, 4.69) is 15.6 Å². The van der Waals surface area contributed by atoms with Crippen LogP contribution in [-0.4, -0.2) is 16.0 Å². The molecule has 2 heterocycles. The van der Waals surface area contributed by atoms with Crippen molar-refractivity contribution in [2.75, 3.05) is 5.32 Å². The molecule has 0 aliphatic heterocycles. The number of rotatable bonds is 4. The molecule has 0 radical (unpaired) electrons. The minimum Gasteiger partial charge on any atom is -0.457 e. The van der Waals surface area contributed by atoms with Crippen LogP contribution in [0.15, 0.2) is 77.4 Å². The first kappa shape index (κ1) is 20.8. The summed E-state index contributed by atoms with van der Waals surface area (Å²) < 4.78 is 5.78. The Hall–Kier alpha value is -3.48. The van der Waals surface area contributed by atoms with Gasteiger partial charge in [0, 0.05) is 33.9 Å². The average molecular weight is 448 g/mol. The maximum Gasteiger partial charge on any atom is 0.250 e. The number of furan rings is 1. The molecule has 31 heavy (non-hydrogen) atoms. The van der Waals surface area contributed by atoms with Crippen LogP contribution >= 0.6 is 23.8 Å². The standard InChI is InChI=1S/C24H18ClN3O2S/c1-15-7-8-16(14-19(15)25)22-11-9-17(30-22)10-12-23(29)28-24(31)27-21-6-2-5-20-18(21)4-3-13-26-20/h2-14H,1H3,(H2,27,28,29,31)/b12-10+. The summed E-state index contributed by atoms with van der Waals surface area (Å²) >= 11 is 11.4. The number of halogens is 1. The summed E-state index contributed by atoms with van der Waals surface area (Å²) in [5.74, 6) is 0.844. The first-order valence-corrected chi connectivity index (χ1v) is 10.3. The number of nitrogens with one attached hydrogen (secondary N) is 2. The number of hydrogen-bond donors (Lipinski definition) is 2. The zero-order valence-corrected chi connectivity index (χ0v) is 18.1. The number of amides is 1. The molecule has 7 heteroatoms. The third-order valence-corrected chi connectivity index (χ3v) is 5.22. The van der Waals surface area contributed by atoms with Crippen molar-refractivity contribution in [2.45, 2.75) is 6.92 Å². The van der Waals surface area contributed by atoms with Crippen molar-refractivity contribution in [1.29, 1.82) is 0 Å². The number of aromatic nitrogens is 1. The fourth-order valence-corrected chi connectivity index (χ4v) is 3.41. The Labute approximate surface area is 189 Å². The van der Waals surface area contributed by atoms with E-state index < -0.39 is 0 Å². The highest BCUT2D eigenvalue weighted by molar-refractivity contribution is 7.80. The van der Waals surface area contributed by atoms with E-state index in [1.807, 2.05) is 61.5 Å². The summed E-state index contributed by atoms with van der Waals surface area (Å²) in [6.07, 6.45) is 4.67. The lowest BCUT2D eigenvalue weighted by Crippen LogP contribution is -2.32. The molecule has 2 aromatic carbocycles. The average Bonchev–Trinajstić information content (AvgIpc) is 3.23. The molecule has 2 N–H and O–H groups in total. The summed E-state index contributed by atoms with van der Waals surface area (Å²) in [7, 11) is 0. The van der Waals surface area contributed by atoms with Gasteiger partial charge in [-0.15, -0.1) is 0 Å². The molecule has 0 spiro atoms. The molecule has 0 saturated heterocycles. The molecule has 0 fully saturated rings. The van der Waals surface area contributed by atoms with E-state index in [9.17, 15) is 4.79 Å². The number of thiocarbonyl (C=S) groups is 1. The molecular weight excluding hydrogens is 430 g/mol. The number of carbonyl (C=O) groups is 1. The first-order valence-electron chi connectivity index (χ1n) is 9.50. The highest BCUT2D eigenvalue weighted by atomic mass is 35.5. The normalized spacial score (nSPS) is 11.0. The SMILES string of the molecule is Cc1ccc(-c2ccc(/C=C/C(=O)NC(=S)Nc3cccc4ncccc34)o2)cc1Cl. The van der Waals surface area contributed by atoms with E-state index in [4.69, 9.17) is 28.2 Å². The molecule has 0 unspecified atom stereocenters. The van der Waals surface area contributed by atoms with E-state index in [0.717, 1.165) is 27.7 Å². The molecule has 4 aromatic rings. The predicted molar refractivity (Wildman–Crippen MR) is 129 cm³/mol. The van der Waals surface area contributed by atoms with Crippen molar-refractivity contribution >= 4 is 57.5 Å². The van der Waals surface area contributed by atoms with E-state index in [0.29, 0.717) is 16.5 Å². The van der Waals surface area contributed by atoms with Crippen LogP contribution in [0.2, 0.25) is 5.02 Å². The molecular formula is C24H18ClN3O2S. The van der Waals surface area contributed by atoms with Crippen molar-refractivity contribution in [3.05, 3.63) is 89.3 Å². The number of aryl methyl sites for hydroxylation is 1. The molecule has 5 nitrogen and oxygen atoms in total. The van der Waals surface area contributed by atoms with Crippen LogP contribution in [0.1, 0.15) is 11.3 Å².